The second kappa shape index (κ2) is 7.13. The lowest BCUT2D eigenvalue weighted by atomic mass is 9.31. The maximum atomic E-state index is 13.7. The van der Waals surface area contributed by atoms with Crippen molar-refractivity contribution < 1.29 is 19.8 Å². The summed E-state index contributed by atoms with van der Waals surface area (Å²) in [6, 6.07) is 0. The van der Waals surface area contributed by atoms with Gasteiger partial charge in [0.25, 0.3) is 0 Å². The minimum absolute atomic E-state index is 0.00122. The van der Waals surface area contributed by atoms with Crippen LogP contribution in [0.3, 0.4) is 0 Å². The van der Waals surface area contributed by atoms with Crippen LogP contribution in [0.15, 0.2) is 11.8 Å². The van der Waals surface area contributed by atoms with Crippen LogP contribution in [0.25, 0.3) is 0 Å². The van der Waals surface area contributed by atoms with Crippen molar-refractivity contribution in [3.63, 3.8) is 0 Å². The number of allylic oxidation sites excluding steroid dienone is 1. The number of aliphatic carboxylic acids is 1. The normalized spacial score (nSPS) is 56.9. The molecule has 34 heavy (non-hydrogen) atoms. The van der Waals surface area contributed by atoms with E-state index < -0.39 is 16.8 Å². The molecular weight excluding hydrogens is 424 g/mol. The lowest BCUT2D eigenvalue weighted by Crippen LogP contribution is -2.68. The van der Waals surface area contributed by atoms with E-state index in [1.165, 1.54) is 31.8 Å². The second-order valence-corrected chi connectivity index (χ2v) is 14.4. The lowest BCUT2D eigenvalue weighted by molar-refractivity contribution is -0.238. The zero-order chi connectivity index (χ0) is 25.1. The molecule has 0 bridgehead atoms. The summed E-state index contributed by atoms with van der Waals surface area (Å²) in [5.74, 6) is 1.36. The Morgan fingerprint density at radius 3 is 2.21 bits per heavy atom. The molecule has 0 radical (unpaired) electrons. The van der Waals surface area contributed by atoms with Gasteiger partial charge in [-0.3, -0.25) is 9.59 Å². The molecule has 4 nitrogen and oxygen atoms in total. The summed E-state index contributed by atoms with van der Waals surface area (Å²) >= 11 is 0. The first kappa shape index (κ1) is 24.4. The van der Waals surface area contributed by atoms with Crippen LogP contribution in [0, 0.1) is 62.6 Å². The number of fused-ring (bicyclic) bond motifs is 7. The fraction of sp³-hybridized carbons (Fsp3) is 0.867. The molecule has 4 heteroatoms. The topological polar surface area (TPSA) is 74.6 Å². The number of aliphatic hydroxyl groups excluding tert-OH is 1. The van der Waals surface area contributed by atoms with Gasteiger partial charge in [0.2, 0.25) is 0 Å². The average Bonchev–Trinajstić information content (AvgIpc) is 2.76. The highest BCUT2D eigenvalue weighted by molar-refractivity contribution is 5.99. The van der Waals surface area contributed by atoms with Crippen LogP contribution in [0.1, 0.15) is 99.8 Å². The third-order valence-electron chi connectivity index (χ3n) is 13.6. The van der Waals surface area contributed by atoms with Crippen LogP contribution < -0.4 is 0 Å². The van der Waals surface area contributed by atoms with Crippen molar-refractivity contribution in [2.45, 2.75) is 99.8 Å². The maximum Gasteiger partial charge on any atom is 0.317 e. The number of carbonyl (C=O) groups is 2. The van der Waals surface area contributed by atoms with E-state index in [0.717, 1.165) is 37.0 Å². The van der Waals surface area contributed by atoms with Crippen LogP contribution in [-0.4, -0.2) is 22.0 Å². The number of carboxylic acids is 1. The van der Waals surface area contributed by atoms with Crippen molar-refractivity contribution in [2.24, 2.45) is 62.6 Å². The van der Waals surface area contributed by atoms with Crippen molar-refractivity contribution in [1.82, 2.24) is 0 Å². The molecule has 5 rings (SSSR count). The molecule has 0 saturated heterocycles. The third kappa shape index (κ3) is 2.61. The van der Waals surface area contributed by atoms with Gasteiger partial charge in [0.1, 0.15) is 11.2 Å². The summed E-state index contributed by atoms with van der Waals surface area (Å²) in [5.41, 5.74) is -1.55. The van der Waals surface area contributed by atoms with E-state index in [1.54, 1.807) is 6.92 Å². The number of rotatable bonds is 1. The van der Waals surface area contributed by atoms with Gasteiger partial charge in [-0.05, 0) is 110 Å². The Kier molecular flexibility index (Phi) is 5.11. The van der Waals surface area contributed by atoms with E-state index in [0.29, 0.717) is 17.8 Å². The van der Waals surface area contributed by atoms with E-state index >= 15 is 0 Å². The molecule has 4 saturated carbocycles. The summed E-state index contributed by atoms with van der Waals surface area (Å²) in [4.78, 5) is 26.1. The summed E-state index contributed by atoms with van der Waals surface area (Å²) in [6.07, 6.45) is 10.2. The highest BCUT2D eigenvalue weighted by atomic mass is 16.4. The smallest absolute Gasteiger partial charge is 0.317 e. The minimum atomic E-state index is -1.39. The largest absolute Gasteiger partial charge is 0.511 e. The van der Waals surface area contributed by atoms with Crippen molar-refractivity contribution in [1.29, 1.82) is 0 Å². The van der Waals surface area contributed by atoms with Gasteiger partial charge in [-0.1, -0.05) is 41.5 Å². The third-order valence-corrected chi connectivity index (χ3v) is 13.6. The Labute approximate surface area is 206 Å². The SMILES string of the molecule is C[C@@H]1[C@H]2[C@H]3CC[C@@H]4[C@@]5(C)C(=O)C=C(O)C(C)(C(=O)O)C5CC[C@@]4(C)[C@]3(C)CC[C@@]2(C)CC[C@H]1C. The van der Waals surface area contributed by atoms with Gasteiger partial charge in [0.15, 0.2) is 5.78 Å². The molecule has 0 aromatic heterocycles. The number of aliphatic hydroxyl groups is 1. The Morgan fingerprint density at radius 1 is 0.882 bits per heavy atom. The Balaban J connectivity index is 1.60. The van der Waals surface area contributed by atoms with Crippen molar-refractivity contribution in [2.75, 3.05) is 0 Å². The van der Waals surface area contributed by atoms with Gasteiger partial charge in [-0.2, -0.15) is 0 Å². The van der Waals surface area contributed by atoms with Gasteiger partial charge < -0.3 is 10.2 Å². The molecule has 2 unspecified atom stereocenters. The van der Waals surface area contributed by atoms with Crippen LogP contribution in [0.5, 0.6) is 0 Å². The van der Waals surface area contributed by atoms with Gasteiger partial charge in [0.05, 0.1) is 0 Å². The second-order valence-electron chi connectivity index (χ2n) is 14.4. The number of carbonyl (C=O) groups excluding carboxylic acids is 1. The summed E-state index contributed by atoms with van der Waals surface area (Å²) in [7, 11) is 0. The standard InChI is InChI=1S/C30H46O4/c1-17-10-12-26(3)14-15-27(4)19(24(26)18(17)2)8-9-20-28(27,5)13-11-21-29(20,6)22(31)16-23(32)30(21,7)25(33)34/h16-21,24,32H,8-15H2,1-7H3,(H,33,34)/t17-,18+,19-,20+,21?,24+,26-,27-,28-,29-,30?/m1/s1. The first-order chi connectivity index (χ1) is 15.7. The van der Waals surface area contributed by atoms with Crippen LogP contribution in [0.2, 0.25) is 0 Å². The fourth-order valence-electron chi connectivity index (χ4n) is 11.0. The lowest BCUT2D eigenvalue weighted by Gasteiger charge is -2.72. The predicted octanol–water partition coefficient (Wildman–Crippen LogP) is 7.04. The Morgan fingerprint density at radius 2 is 1.56 bits per heavy atom. The zero-order valence-electron chi connectivity index (χ0n) is 22.4. The van der Waals surface area contributed by atoms with Gasteiger partial charge in [0, 0.05) is 11.5 Å². The monoisotopic (exact) mass is 470 g/mol. The highest BCUT2D eigenvalue weighted by Gasteiger charge is 2.72. The molecule has 0 heterocycles. The van der Waals surface area contributed by atoms with E-state index in [9.17, 15) is 19.8 Å². The molecule has 2 N–H and O–H groups in total. The van der Waals surface area contributed by atoms with E-state index in [4.69, 9.17) is 0 Å². The molecule has 0 aromatic carbocycles. The molecule has 4 fully saturated rings. The Hall–Kier alpha value is -1.32. The number of ketones is 1. The molecule has 11 atom stereocenters. The van der Waals surface area contributed by atoms with Crippen LogP contribution in [-0.2, 0) is 9.59 Å². The quantitative estimate of drug-likeness (QED) is 0.431. The Bertz CT molecular complexity index is 953. The van der Waals surface area contributed by atoms with Gasteiger partial charge in [-0.15, -0.1) is 0 Å². The average molecular weight is 471 g/mol. The molecule has 5 aliphatic rings. The molecule has 5 aliphatic carbocycles. The van der Waals surface area contributed by atoms with E-state index in [2.05, 4.69) is 34.6 Å². The molecule has 0 spiro atoms. The molecule has 190 valence electrons. The van der Waals surface area contributed by atoms with Gasteiger partial charge in [-0.25, -0.2) is 0 Å². The summed E-state index contributed by atoms with van der Waals surface area (Å²) < 4.78 is 0. The van der Waals surface area contributed by atoms with Crippen molar-refractivity contribution in [3.8, 4) is 0 Å². The summed E-state index contributed by atoms with van der Waals surface area (Å²) in [6.45, 7) is 16.2. The summed E-state index contributed by atoms with van der Waals surface area (Å²) in [5, 5.41) is 20.9. The van der Waals surface area contributed by atoms with Crippen molar-refractivity contribution >= 4 is 11.8 Å². The molecule has 0 aromatic rings. The number of carboxylic acid groups (broad SMARTS) is 1. The van der Waals surface area contributed by atoms with Crippen LogP contribution in [0.4, 0.5) is 0 Å². The molecular formula is C30H46O4. The van der Waals surface area contributed by atoms with Crippen LogP contribution >= 0.6 is 0 Å². The predicted molar refractivity (Wildman–Crippen MR) is 133 cm³/mol. The van der Waals surface area contributed by atoms with Crippen molar-refractivity contribution in [3.05, 3.63) is 11.8 Å². The first-order valence-corrected chi connectivity index (χ1v) is 13.9. The highest BCUT2D eigenvalue weighted by Crippen LogP contribution is 2.76. The number of hydrogen-bond donors (Lipinski definition) is 2. The van der Waals surface area contributed by atoms with E-state index in [1.807, 2.05) is 6.92 Å². The zero-order valence-corrected chi connectivity index (χ0v) is 22.4. The first-order valence-electron chi connectivity index (χ1n) is 13.9. The number of hydrogen-bond acceptors (Lipinski definition) is 3. The fourth-order valence-corrected chi connectivity index (χ4v) is 11.0. The maximum absolute atomic E-state index is 13.7. The van der Waals surface area contributed by atoms with Gasteiger partial charge >= 0.3 is 5.97 Å². The minimum Gasteiger partial charge on any atom is -0.511 e. The van der Waals surface area contributed by atoms with E-state index in [-0.39, 0.29) is 34.2 Å². The molecule has 0 aliphatic heterocycles. The molecule has 0 amide bonds.